The van der Waals surface area contributed by atoms with E-state index in [-0.39, 0.29) is 5.75 Å². The molecule has 4 nitrogen and oxygen atoms in total. The Bertz CT molecular complexity index is 705. The molecule has 0 aliphatic heterocycles. The molecule has 0 atom stereocenters. The Labute approximate surface area is 136 Å². The molecule has 0 bridgehead atoms. The van der Waals surface area contributed by atoms with Crippen LogP contribution in [0.15, 0.2) is 53.0 Å². The van der Waals surface area contributed by atoms with Gasteiger partial charge in [-0.2, -0.15) is 0 Å². The second-order valence-corrected chi connectivity index (χ2v) is 5.25. The minimum Gasteiger partial charge on any atom is -0.493 e. The van der Waals surface area contributed by atoms with E-state index < -0.39 is 5.97 Å². The largest absolute Gasteiger partial charge is 0.493 e. The molecule has 0 aliphatic carbocycles. The van der Waals surface area contributed by atoms with Crippen LogP contribution in [0, 0.1) is 0 Å². The molecule has 0 unspecified atom stereocenters. The summed E-state index contributed by atoms with van der Waals surface area (Å²) >= 11 is 3.34. The molecule has 0 saturated heterocycles. The third-order valence-electron chi connectivity index (χ3n) is 2.82. The SMILES string of the molecule is COc1cc(C=O)ccc1OC(=O)/C=C/c1ccc(Br)cc1. The van der Waals surface area contributed by atoms with Crippen LogP contribution in [0.2, 0.25) is 0 Å². The first kappa shape index (κ1) is 16.0. The van der Waals surface area contributed by atoms with Gasteiger partial charge in [0, 0.05) is 16.1 Å². The highest BCUT2D eigenvalue weighted by Crippen LogP contribution is 2.27. The molecule has 0 N–H and O–H groups in total. The molecule has 5 heteroatoms. The minimum absolute atomic E-state index is 0.263. The van der Waals surface area contributed by atoms with Gasteiger partial charge in [0.05, 0.1) is 7.11 Å². The first-order valence-corrected chi connectivity index (χ1v) is 7.20. The van der Waals surface area contributed by atoms with Crippen molar-refractivity contribution in [3.05, 3.63) is 64.1 Å². The number of esters is 1. The zero-order chi connectivity index (χ0) is 15.9. The molecule has 0 aliphatic rings. The van der Waals surface area contributed by atoms with Crippen molar-refractivity contribution in [2.45, 2.75) is 0 Å². The Morgan fingerprint density at radius 3 is 2.36 bits per heavy atom. The number of aldehydes is 1. The van der Waals surface area contributed by atoms with Gasteiger partial charge < -0.3 is 9.47 Å². The van der Waals surface area contributed by atoms with E-state index >= 15 is 0 Å². The van der Waals surface area contributed by atoms with Gasteiger partial charge in [-0.1, -0.05) is 28.1 Å². The molecule has 2 aromatic rings. The van der Waals surface area contributed by atoms with Gasteiger partial charge in [-0.05, 0) is 42.0 Å². The number of benzene rings is 2. The van der Waals surface area contributed by atoms with Crippen molar-refractivity contribution in [1.82, 2.24) is 0 Å². The van der Waals surface area contributed by atoms with E-state index in [1.165, 1.54) is 25.3 Å². The first-order valence-electron chi connectivity index (χ1n) is 6.41. The average molecular weight is 361 g/mol. The highest BCUT2D eigenvalue weighted by molar-refractivity contribution is 9.10. The van der Waals surface area contributed by atoms with Crippen LogP contribution in [0.25, 0.3) is 6.08 Å². The highest BCUT2D eigenvalue weighted by Gasteiger charge is 2.08. The number of ether oxygens (including phenoxy) is 2. The van der Waals surface area contributed by atoms with Crippen molar-refractivity contribution >= 4 is 34.3 Å². The lowest BCUT2D eigenvalue weighted by atomic mass is 10.2. The van der Waals surface area contributed by atoms with Crippen LogP contribution in [0.1, 0.15) is 15.9 Å². The summed E-state index contributed by atoms with van der Waals surface area (Å²) < 4.78 is 11.3. The Morgan fingerprint density at radius 2 is 1.73 bits per heavy atom. The van der Waals surface area contributed by atoms with E-state index in [0.717, 1.165) is 10.0 Å². The lowest BCUT2D eigenvalue weighted by Crippen LogP contribution is -2.05. The van der Waals surface area contributed by atoms with Crippen LogP contribution in [-0.2, 0) is 4.79 Å². The fraction of sp³-hybridized carbons (Fsp3) is 0.0588. The van der Waals surface area contributed by atoms with E-state index in [0.29, 0.717) is 17.6 Å². The Morgan fingerprint density at radius 1 is 1.05 bits per heavy atom. The summed E-state index contributed by atoms with van der Waals surface area (Å²) in [4.78, 5) is 22.5. The number of hydrogen-bond acceptors (Lipinski definition) is 4. The molecule has 0 spiro atoms. The van der Waals surface area contributed by atoms with Crippen molar-refractivity contribution in [3.8, 4) is 11.5 Å². The molecule has 0 amide bonds. The average Bonchev–Trinajstić information content (AvgIpc) is 2.54. The topological polar surface area (TPSA) is 52.6 Å². The van der Waals surface area contributed by atoms with Gasteiger partial charge in [-0.3, -0.25) is 4.79 Å². The third-order valence-corrected chi connectivity index (χ3v) is 3.34. The summed E-state index contributed by atoms with van der Waals surface area (Å²) in [6.45, 7) is 0. The molecule has 2 aromatic carbocycles. The summed E-state index contributed by atoms with van der Waals surface area (Å²) in [6.07, 6.45) is 3.68. The predicted molar refractivity (Wildman–Crippen MR) is 87.2 cm³/mol. The summed E-state index contributed by atoms with van der Waals surface area (Å²) in [5, 5.41) is 0. The third kappa shape index (κ3) is 4.30. The Hall–Kier alpha value is -2.40. The van der Waals surface area contributed by atoms with Crippen molar-refractivity contribution in [2.24, 2.45) is 0 Å². The van der Waals surface area contributed by atoms with Gasteiger partial charge in [0.1, 0.15) is 6.29 Å². The fourth-order valence-electron chi connectivity index (χ4n) is 1.72. The maximum Gasteiger partial charge on any atom is 0.336 e. The standard InChI is InChI=1S/C17H13BrO4/c1-21-16-10-13(11-19)4-8-15(16)22-17(20)9-5-12-2-6-14(18)7-3-12/h2-11H,1H3/b9-5+. The van der Waals surface area contributed by atoms with E-state index in [1.54, 1.807) is 12.1 Å². The lowest BCUT2D eigenvalue weighted by molar-refractivity contribution is -0.129. The van der Waals surface area contributed by atoms with Crippen molar-refractivity contribution in [1.29, 1.82) is 0 Å². The number of rotatable bonds is 5. The molecule has 22 heavy (non-hydrogen) atoms. The van der Waals surface area contributed by atoms with Crippen LogP contribution in [0.4, 0.5) is 0 Å². The van der Waals surface area contributed by atoms with Crippen molar-refractivity contribution in [2.75, 3.05) is 7.11 Å². The quantitative estimate of drug-likeness (QED) is 0.351. The van der Waals surface area contributed by atoms with E-state index in [4.69, 9.17) is 9.47 Å². The second-order valence-electron chi connectivity index (χ2n) is 4.33. The Balaban J connectivity index is 2.08. The normalized spacial score (nSPS) is 10.5. The predicted octanol–water partition coefficient (Wildman–Crippen LogP) is 3.89. The Kier molecular flexibility index (Phi) is 5.49. The molecule has 0 radical (unpaired) electrons. The number of hydrogen-bond donors (Lipinski definition) is 0. The number of carbonyl (C=O) groups is 2. The lowest BCUT2D eigenvalue weighted by Gasteiger charge is -2.08. The minimum atomic E-state index is -0.528. The van der Waals surface area contributed by atoms with Gasteiger partial charge in [-0.25, -0.2) is 4.79 Å². The zero-order valence-electron chi connectivity index (χ0n) is 11.8. The molecule has 0 fully saturated rings. The molecular formula is C17H13BrO4. The fourth-order valence-corrected chi connectivity index (χ4v) is 1.99. The molecule has 0 heterocycles. The van der Waals surface area contributed by atoms with Gasteiger partial charge in [0.15, 0.2) is 11.5 Å². The molecule has 2 rings (SSSR count). The van der Waals surface area contributed by atoms with Crippen LogP contribution in [-0.4, -0.2) is 19.4 Å². The monoisotopic (exact) mass is 360 g/mol. The van der Waals surface area contributed by atoms with E-state index in [2.05, 4.69) is 15.9 Å². The second kappa shape index (κ2) is 7.56. The number of carbonyl (C=O) groups excluding carboxylic acids is 2. The van der Waals surface area contributed by atoms with E-state index in [9.17, 15) is 9.59 Å². The van der Waals surface area contributed by atoms with Crippen molar-refractivity contribution in [3.63, 3.8) is 0 Å². The maximum absolute atomic E-state index is 11.8. The smallest absolute Gasteiger partial charge is 0.336 e. The van der Waals surface area contributed by atoms with Crippen molar-refractivity contribution < 1.29 is 19.1 Å². The number of halogens is 1. The first-order chi connectivity index (χ1) is 10.6. The molecule has 112 valence electrons. The summed E-state index contributed by atoms with van der Waals surface area (Å²) in [5.74, 6) is 0.0635. The summed E-state index contributed by atoms with van der Waals surface area (Å²) in [5.41, 5.74) is 1.32. The maximum atomic E-state index is 11.8. The zero-order valence-corrected chi connectivity index (χ0v) is 13.4. The van der Waals surface area contributed by atoms with Crippen LogP contribution >= 0.6 is 15.9 Å². The molecular weight excluding hydrogens is 348 g/mol. The van der Waals surface area contributed by atoms with Crippen LogP contribution in [0.5, 0.6) is 11.5 Å². The summed E-state index contributed by atoms with van der Waals surface area (Å²) in [7, 11) is 1.44. The number of methoxy groups -OCH3 is 1. The van der Waals surface area contributed by atoms with Gasteiger partial charge >= 0.3 is 5.97 Å². The highest BCUT2D eigenvalue weighted by atomic mass is 79.9. The van der Waals surface area contributed by atoms with E-state index in [1.807, 2.05) is 24.3 Å². The van der Waals surface area contributed by atoms with Gasteiger partial charge in [0.25, 0.3) is 0 Å². The van der Waals surface area contributed by atoms with Gasteiger partial charge in [-0.15, -0.1) is 0 Å². The molecule has 0 aromatic heterocycles. The molecule has 0 saturated carbocycles. The van der Waals surface area contributed by atoms with Crippen LogP contribution in [0.3, 0.4) is 0 Å². The van der Waals surface area contributed by atoms with Gasteiger partial charge in [0.2, 0.25) is 0 Å². The summed E-state index contributed by atoms with van der Waals surface area (Å²) in [6, 6.07) is 12.1. The van der Waals surface area contributed by atoms with Crippen LogP contribution < -0.4 is 9.47 Å².